The van der Waals surface area contributed by atoms with Crippen molar-refractivity contribution in [2.45, 2.75) is 39.5 Å². The molecule has 0 rings (SSSR count). The fourth-order valence-corrected chi connectivity index (χ4v) is 1.21. The molecule has 0 unspecified atom stereocenters. The highest BCUT2D eigenvalue weighted by Crippen LogP contribution is 2.02. The standard InChI is InChI=1S/C13H22N2O2/c1-4-6-8-15(3)11-12(10-14)13(16)17-9-7-5-2/h11H,4-9H2,1-3H3. The van der Waals surface area contributed by atoms with Gasteiger partial charge in [-0.3, -0.25) is 0 Å². The number of hydrogen-bond donors (Lipinski definition) is 0. The van der Waals surface area contributed by atoms with Crippen molar-refractivity contribution in [1.82, 2.24) is 4.90 Å². The maximum Gasteiger partial charge on any atom is 0.350 e. The molecule has 0 radical (unpaired) electrons. The molecule has 0 aromatic heterocycles. The monoisotopic (exact) mass is 238 g/mol. The van der Waals surface area contributed by atoms with Gasteiger partial charge >= 0.3 is 5.97 Å². The summed E-state index contributed by atoms with van der Waals surface area (Å²) in [4.78, 5) is 13.4. The van der Waals surface area contributed by atoms with Crippen LogP contribution < -0.4 is 0 Å². The molecule has 4 heteroatoms. The van der Waals surface area contributed by atoms with Gasteiger partial charge in [0.05, 0.1) is 6.61 Å². The van der Waals surface area contributed by atoms with Gasteiger partial charge in [0.25, 0.3) is 0 Å². The van der Waals surface area contributed by atoms with Gasteiger partial charge in [-0.1, -0.05) is 26.7 Å². The van der Waals surface area contributed by atoms with E-state index in [1.165, 1.54) is 0 Å². The van der Waals surface area contributed by atoms with Gasteiger partial charge in [0.2, 0.25) is 0 Å². The number of esters is 1. The number of nitriles is 1. The van der Waals surface area contributed by atoms with Crippen LogP contribution in [0.1, 0.15) is 39.5 Å². The van der Waals surface area contributed by atoms with Crippen molar-refractivity contribution in [3.63, 3.8) is 0 Å². The Balaban J connectivity index is 4.24. The molecule has 0 aliphatic heterocycles. The second-order valence-corrected chi connectivity index (χ2v) is 3.98. The minimum absolute atomic E-state index is 0.0692. The average molecular weight is 238 g/mol. The Bertz CT molecular complexity index is 292. The van der Waals surface area contributed by atoms with Crippen LogP contribution in [-0.2, 0) is 9.53 Å². The number of hydrogen-bond acceptors (Lipinski definition) is 4. The summed E-state index contributed by atoms with van der Waals surface area (Å²) < 4.78 is 4.98. The minimum Gasteiger partial charge on any atom is -0.462 e. The molecule has 17 heavy (non-hydrogen) atoms. The molecule has 4 nitrogen and oxygen atoms in total. The zero-order chi connectivity index (χ0) is 13.1. The molecule has 0 spiro atoms. The van der Waals surface area contributed by atoms with Crippen LogP contribution in [-0.4, -0.2) is 31.1 Å². The zero-order valence-electron chi connectivity index (χ0n) is 11.0. The first-order valence-electron chi connectivity index (χ1n) is 6.15. The van der Waals surface area contributed by atoms with E-state index in [1.54, 1.807) is 6.20 Å². The number of carbonyl (C=O) groups excluding carboxylic acids is 1. The molecular formula is C13H22N2O2. The lowest BCUT2D eigenvalue weighted by molar-refractivity contribution is -0.138. The van der Waals surface area contributed by atoms with Gasteiger partial charge in [-0.05, 0) is 12.8 Å². The van der Waals surface area contributed by atoms with Gasteiger partial charge in [-0.25, -0.2) is 4.79 Å². The Kier molecular flexibility index (Phi) is 8.85. The molecule has 0 bridgehead atoms. The molecule has 96 valence electrons. The highest BCUT2D eigenvalue weighted by molar-refractivity contribution is 5.92. The Morgan fingerprint density at radius 2 is 2.00 bits per heavy atom. The van der Waals surface area contributed by atoms with Crippen LogP contribution in [0.5, 0.6) is 0 Å². The van der Waals surface area contributed by atoms with Gasteiger partial charge in [-0.15, -0.1) is 0 Å². The Labute approximate surface area is 104 Å². The third-order valence-electron chi connectivity index (χ3n) is 2.29. The van der Waals surface area contributed by atoms with Crippen LogP contribution in [0.2, 0.25) is 0 Å². The average Bonchev–Trinajstić information content (AvgIpc) is 2.33. The second kappa shape index (κ2) is 9.71. The molecule has 0 aromatic carbocycles. The predicted molar refractivity (Wildman–Crippen MR) is 67.1 cm³/mol. The van der Waals surface area contributed by atoms with E-state index in [2.05, 4.69) is 6.92 Å². The van der Waals surface area contributed by atoms with Crippen molar-refractivity contribution in [2.24, 2.45) is 0 Å². The maximum absolute atomic E-state index is 11.5. The van der Waals surface area contributed by atoms with E-state index in [4.69, 9.17) is 10.00 Å². The Morgan fingerprint density at radius 3 is 2.53 bits per heavy atom. The van der Waals surface area contributed by atoms with Crippen molar-refractivity contribution in [1.29, 1.82) is 5.26 Å². The highest BCUT2D eigenvalue weighted by atomic mass is 16.5. The summed E-state index contributed by atoms with van der Waals surface area (Å²) in [5.74, 6) is -0.524. The third kappa shape index (κ3) is 7.40. The van der Waals surface area contributed by atoms with Crippen molar-refractivity contribution >= 4 is 5.97 Å². The summed E-state index contributed by atoms with van der Waals surface area (Å²) in [6, 6.07) is 1.88. The van der Waals surface area contributed by atoms with Crippen molar-refractivity contribution in [3.8, 4) is 6.07 Å². The third-order valence-corrected chi connectivity index (χ3v) is 2.29. The molecule has 0 aliphatic carbocycles. The van der Waals surface area contributed by atoms with Crippen LogP contribution in [0.15, 0.2) is 11.8 Å². The molecule has 0 saturated heterocycles. The van der Waals surface area contributed by atoms with Gasteiger partial charge in [-0.2, -0.15) is 5.26 Å². The molecule has 0 fully saturated rings. The smallest absolute Gasteiger partial charge is 0.350 e. The molecule has 0 aliphatic rings. The summed E-state index contributed by atoms with van der Waals surface area (Å²) in [6.07, 6.45) is 5.48. The van der Waals surface area contributed by atoms with E-state index in [-0.39, 0.29) is 5.57 Å². The summed E-state index contributed by atoms with van der Waals surface area (Å²) in [5.41, 5.74) is 0.0692. The van der Waals surface area contributed by atoms with E-state index in [1.807, 2.05) is 24.9 Å². The van der Waals surface area contributed by atoms with Crippen LogP contribution in [0.3, 0.4) is 0 Å². The SMILES string of the molecule is CCCCOC(=O)C(C#N)=CN(C)CCCC. The zero-order valence-corrected chi connectivity index (χ0v) is 11.0. The highest BCUT2D eigenvalue weighted by Gasteiger charge is 2.10. The van der Waals surface area contributed by atoms with Gasteiger partial charge in [0.15, 0.2) is 5.57 Å². The maximum atomic E-state index is 11.5. The van der Waals surface area contributed by atoms with Crippen molar-refractivity contribution < 1.29 is 9.53 Å². The number of carbonyl (C=O) groups is 1. The minimum atomic E-state index is -0.524. The summed E-state index contributed by atoms with van der Waals surface area (Å²) in [5, 5.41) is 8.88. The largest absolute Gasteiger partial charge is 0.462 e. The van der Waals surface area contributed by atoms with Crippen molar-refractivity contribution in [3.05, 3.63) is 11.8 Å². The van der Waals surface area contributed by atoms with Crippen molar-refractivity contribution in [2.75, 3.05) is 20.2 Å². The molecule has 0 atom stereocenters. The fourth-order valence-electron chi connectivity index (χ4n) is 1.21. The Morgan fingerprint density at radius 1 is 1.35 bits per heavy atom. The van der Waals surface area contributed by atoms with Gasteiger partial charge < -0.3 is 9.64 Å². The van der Waals surface area contributed by atoms with Crippen LogP contribution in [0.25, 0.3) is 0 Å². The van der Waals surface area contributed by atoms with Crippen LogP contribution in [0.4, 0.5) is 0 Å². The number of ether oxygens (including phenoxy) is 1. The van der Waals surface area contributed by atoms with E-state index >= 15 is 0 Å². The Hall–Kier alpha value is -1.50. The molecule has 0 heterocycles. The van der Waals surface area contributed by atoms with Gasteiger partial charge in [0.1, 0.15) is 6.07 Å². The lowest BCUT2D eigenvalue weighted by atomic mass is 10.3. The van der Waals surface area contributed by atoms with Crippen LogP contribution in [0, 0.1) is 11.3 Å². The fraction of sp³-hybridized carbons (Fsp3) is 0.692. The quantitative estimate of drug-likeness (QED) is 0.282. The predicted octanol–water partition coefficient (Wildman–Crippen LogP) is 2.47. The summed E-state index contributed by atoms with van der Waals surface area (Å²) in [7, 11) is 1.85. The first-order valence-corrected chi connectivity index (χ1v) is 6.15. The molecule has 0 saturated carbocycles. The van der Waals surface area contributed by atoms with E-state index in [9.17, 15) is 4.79 Å². The van der Waals surface area contributed by atoms with Crippen LogP contribution >= 0.6 is 0 Å². The first-order chi connectivity index (χ1) is 8.15. The molecular weight excluding hydrogens is 216 g/mol. The summed E-state index contributed by atoms with van der Waals surface area (Å²) in [6.45, 7) is 5.34. The van der Waals surface area contributed by atoms with E-state index < -0.39 is 5.97 Å². The second-order valence-electron chi connectivity index (χ2n) is 3.98. The molecule has 0 N–H and O–H groups in total. The van der Waals surface area contributed by atoms with E-state index in [0.717, 1.165) is 32.2 Å². The number of nitrogens with zero attached hydrogens (tertiary/aromatic N) is 2. The lowest BCUT2D eigenvalue weighted by Gasteiger charge is -2.13. The summed E-state index contributed by atoms with van der Waals surface area (Å²) >= 11 is 0. The number of unbranched alkanes of at least 4 members (excludes halogenated alkanes) is 2. The molecule has 0 aromatic rings. The molecule has 0 amide bonds. The first kappa shape index (κ1) is 15.5. The van der Waals surface area contributed by atoms with Gasteiger partial charge in [0, 0.05) is 19.8 Å². The number of rotatable bonds is 8. The van der Waals surface area contributed by atoms with E-state index in [0.29, 0.717) is 6.61 Å². The normalized spacial score (nSPS) is 10.8. The topological polar surface area (TPSA) is 53.3 Å². The lowest BCUT2D eigenvalue weighted by Crippen LogP contribution is -2.16.